The third-order valence-electron chi connectivity index (χ3n) is 6.97. The maximum Gasteiger partial charge on any atom is 0.231 e. The minimum Gasteiger partial charge on any atom is -0.374 e. The van der Waals surface area contributed by atoms with Gasteiger partial charge in [0.25, 0.3) is 0 Å². The Morgan fingerprint density at radius 1 is 1.00 bits per heavy atom. The van der Waals surface area contributed by atoms with Crippen LogP contribution in [0, 0.1) is 5.92 Å². The number of rotatable bonds is 6. The second-order valence-corrected chi connectivity index (χ2v) is 12.3. The predicted octanol–water partition coefficient (Wildman–Crippen LogP) is 7.98. The number of Topliss-reactive ketones (excluding diaryl/α,β-unsaturated/α-hetero) is 1. The largest absolute Gasteiger partial charge is 0.374 e. The van der Waals surface area contributed by atoms with Crippen molar-refractivity contribution in [1.29, 1.82) is 0 Å². The van der Waals surface area contributed by atoms with E-state index in [1.54, 1.807) is 36.4 Å². The first-order chi connectivity index (χ1) is 17.5. The molecule has 3 aromatic carbocycles. The van der Waals surface area contributed by atoms with Crippen molar-refractivity contribution in [1.82, 2.24) is 0 Å². The molecule has 0 aromatic heterocycles. The summed E-state index contributed by atoms with van der Waals surface area (Å²) in [5.74, 6) is -1.69. The Bertz CT molecular complexity index is 1390. The molecule has 1 amide bonds. The van der Waals surface area contributed by atoms with Crippen LogP contribution in [0.15, 0.2) is 54.6 Å². The first-order valence-electron chi connectivity index (χ1n) is 11.8. The fraction of sp³-hybridized carbons (Fsp3) is 0.286. The molecular formula is C28H23Cl5N2O2. The van der Waals surface area contributed by atoms with Crippen LogP contribution >= 0.6 is 58.0 Å². The van der Waals surface area contributed by atoms with Gasteiger partial charge in [0.05, 0.1) is 10.9 Å². The number of nitrogens with one attached hydrogen (secondary N) is 1. The Labute approximate surface area is 240 Å². The van der Waals surface area contributed by atoms with Crippen LogP contribution in [0.25, 0.3) is 0 Å². The lowest BCUT2D eigenvalue weighted by molar-refractivity contribution is -0.117. The molecule has 2 atom stereocenters. The molecule has 1 fully saturated rings. The average Bonchev–Trinajstić information content (AvgIpc) is 3.41. The molecule has 1 aliphatic heterocycles. The summed E-state index contributed by atoms with van der Waals surface area (Å²) in [5.41, 5.74) is 4.84. The molecule has 3 aromatic rings. The highest BCUT2D eigenvalue weighted by Crippen LogP contribution is 2.65. The lowest BCUT2D eigenvalue weighted by atomic mass is 9.96. The molecule has 37 heavy (non-hydrogen) atoms. The number of fused-ring (bicyclic) bond motifs is 1. The van der Waals surface area contributed by atoms with Crippen molar-refractivity contribution in [2.24, 2.45) is 5.92 Å². The van der Waals surface area contributed by atoms with Crippen LogP contribution in [0.1, 0.15) is 39.4 Å². The standard InChI is InChI=1S/C28H23Cl5N2O2/c1-35-8-2-3-16-9-15(4-7-23(16)35)10-24(36)21-14-20(5-6-22(21)31)34-27(37)26-25(28(26,32)33)17-11-18(29)13-19(30)12-17/h4-7,9,11-14,25-26H,2-3,8,10H2,1H3,(H,34,37). The summed E-state index contributed by atoms with van der Waals surface area (Å²) in [6.07, 6.45) is 2.30. The number of alkyl halides is 2. The van der Waals surface area contributed by atoms with Crippen LogP contribution in [0.5, 0.6) is 0 Å². The van der Waals surface area contributed by atoms with Crippen LogP contribution in [0.2, 0.25) is 15.1 Å². The van der Waals surface area contributed by atoms with Gasteiger partial charge in [0.2, 0.25) is 5.91 Å². The van der Waals surface area contributed by atoms with Gasteiger partial charge in [-0.3, -0.25) is 9.59 Å². The fourth-order valence-electron chi connectivity index (χ4n) is 5.09. The van der Waals surface area contributed by atoms with Gasteiger partial charge in [-0.1, -0.05) is 46.9 Å². The van der Waals surface area contributed by atoms with E-state index in [9.17, 15) is 9.59 Å². The number of ketones is 1. The minimum absolute atomic E-state index is 0.132. The molecule has 1 saturated carbocycles. The van der Waals surface area contributed by atoms with E-state index in [1.807, 2.05) is 6.07 Å². The SMILES string of the molecule is CN1CCCc2cc(CC(=O)c3cc(NC(=O)C4C(c5cc(Cl)cc(Cl)c5)C4(Cl)Cl)ccc3Cl)ccc21. The van der Waals surface area contributed by atoms with Crippen molar-refractivity contribution in [3.63, 3.8) is 0 Å². The second-order valence-electron chi connectivity index (χ2n) is 9.60. The number of amides is 1. The third kappa shape index (κ3) is 5.46. The van der Waals surface area contributed by atoms with Crippen LogP contribution < -0.4 is 10.2 Å². The second kappa shape index (κ2) is 10.3. The van der Waals surface area contributed by atoms with Crippen molar-refractivity contribution in [3.05, 3.63) is 91.9 Å². The van der Waals surface area contributed by atoms with Gasteiger partial charge in [-0.25, -0.2) is 0 Å². The summed E-state index contributed by atoms with van der Waals surface area (Å²) in [4.78, 5) is 28.5. The monoisotopic (exact) mass is 594 g/mol. The molecule has 0 spiro atoms. The number of benzene rings is 3. The molecule has 4 nitrogen and oxygen atoms in total. The first-order valence-corrected chi connectivity index (χ1v) is 13.7. The summed E-state index contributed by atoms with van der Waals surface area (Å²) < 4.78 is -1.30. The summed E-state index contributed by atoms with van der Waals surface area (Å²) >= 11 is 31.5. The quantitative estimate of drug-likeness (QED) is 0.232. The normalized spacial score (nSPS) is 19.8. The molecule has 0 radical (unpaired) electrons. The molecule has 1 aliphatic carbocycles. The summed E-state index contributed by atoms with van der Waals surface area (Å²) in [6.45, 7) is 1.03. The van der Waals surface area contributed by atoms with E-state index in [0.29, 0.717) is 31.9 Å². The van der Waals surface area contributed by atoms with Gasteiger partial charge in [-0.05, 0) is 72.0 Å². The number of carbonyl (C=O) groups excluding carboxylic acids is 2. The van der Waals surface area contributed by atoms with Gasteiger partial charge in [0, 0.05) is 52.9 Å². The number of halogens is 5. The van der Waals surface area contributed by atoms with E-state index in [4.69, 9.17) is 58.0 Å². The molecule has 2 unspecified atom stereocenters. The third-order valence-corrected chi connectivity index (χ3v) is 8.68. The highest BCUT2D eigenvalue weighted by Gasteiger charge is 2.67. The molecular weight excluding hydrogens is 574 g/mol. The maximum absolute atomic E-state index is 13.2. The Balaban J connectivity index is 1.31. The van der Waals surface area contributed by atoms with Gasteiger partial charge in [-0.2, -0.15) is 0 Å². The molecule has 1 N–H and O–H groups in total. The van der Waals surface area contributed by atoms with Crippen molar-refractivity contribution < 1.29 is 9.59 Å². The van der Waals surface area contributed by atoms with E-state index in [1.165, 1.54) is 11.3 Å². The van der Waals surface area contributed by atoms with Gasteiger partial charge in [0.1, 0.15) is 4.33 Å². The van der Waals surface area contributed by atoms with Gasteiger partial charge in [-0.15, -0.1) is 23.2 Å². The number of carbonyl (C=O) groups is 2. The van der Waals surface area contributed by atoms with Gasteiger partial charge in [0.15, 0.2) is 5.78 Å². The zero-order valence-electron chi connectivity index (χ0n) is 19.8. The van der Waals surface area contributed by atoms with Crippen molar-refractivity contribution in [2.45, 2.75) is 29.5 Å². The van der Waals surface area contributed by atoms with Crippen LogP contribution in [0.3, 0.4) is 0 Å². The number of nitrogens with zero attached hydrogens (tertiary/aromatic N) is 1. The van der Waals surface area contributed by atoms with E-state index < -0.39 is 16.2 Å². The fourth-order valence-corrected chi connectivity index (χ4v) is 6.68. The molecule has 1 heterocycles. The zero-order chi connectivity index (χ0) is 26.5. The Hall–Kier alpha value is -1.95. The van der Waals surface area contributed by atoms with Crippen molar-refractivity contribution >= 4 is 81.1 Å². The van der Waals surface area contributed by atoms with Crippen molar-refractivity contribution in [2.75, 3.05) is 23.8 Å². The number of aryl methyl sites for hydroxylation is 1. The number of anilines is 2. The number of hydrogen-bond acceptors (Lipinski definition) is 3. The first kappa shape index (κ1) is 26.6. The Morgan fingerprint density at radius 3 is 2.46 bits per heavy atom. The van der Waals surface area contributed by atoms with E-state index in [0.717, 1.165) is 24.9 Å². The van der Waals surface area contributed by atoms with Crippen molar-refractivity contribution in [3.8, 4) is 0 Å². The topological polar surface area (TPSA) is 49.4 Å². The minimum atomic E-state index is -1.30. The smallest absolute Gasteiger partial charge is 0.231 e. The van der Waals surface area contributed by atoms with E-state index in [2.05, 4.69) is 29.4 Å². The van der Waals surface area contributed by atoms with Gasteiger partial charge < -0.3 is 10.2 Å². The molecule has 0 bridgehead atoms. The summed E-state index contributed by atoms with van der Waals surface area (Å²) in [5, 5.41) is 4.02. The lowest BCUT2D eigenvalue weighted by Gasteiger charge is -2.27. The molecule has 5 rings (SSSR count). The lowest BCUT2D eigenvalue weighted by Crippen LogP contribution is -2.24. The summed E-state index contributed by atoms with van der Waals surface area (Å²) in [7, 11) is 2.08. The van der Waals surface area contributed by atoms with Crippen LogP contribution in [0.4, 0.5) is 11.4 Å². The van der Waals surface area contributed by atoms with Crippen LogP contribution in [-0.2, 0) is 17.6 Å². The Morgan fingerprint density at radius 2 is 1.73 bits per heavy atom. The number of hydrogen-bond donors (Lipinski definition) is 1. The zero-order valence-corrected chi connectivity index (χ0v) is 23.6. The molecule has 192 valence electrons. The highest BCUT2D eigenvalue weighted by molar-refractivity contribution is 6.53. The summed E-state index contributed by atoms with van der Waals surface area (Å²) in [6, 6.07) is 16.0. The molecule has 9 heteroatoms. The molecule has 2 aliphatic rings. The Kier molecular flexibility index (Phi) is 7.43. The van der Waals surface area contributed by atoms with E-state index >= 15 is 0 Å². The van der Waals surface area contributed by atoms with Crippen LogP contribution in [-0.4, -0.2) is 29.6 Å². The average molecular weight is 597 g/mol. The maximum atomic E-state index is 13.2. The highest BCUT2D eigenvalue weighted by atomic mass is 35.5. The van der Waals surface area contributed by atoms with E-state index in [-0.39, 0.29) is 18.1 Å². The van der Waals surface area contributed by atoms with Gasteiger partial charge >= 0.3 is 0 Å². The predicted molar refractivity (Wildman–Crippen MR) is 153 cm³/mol. The molecule has 0 saturated heterocycles.